The lowest BCUT2D eigenvalue weighted by Crippen LogP contribution is -2.38. The standard InChI is InChI=1S/C12H22O/c1-9-5-6-12(13,7-10(9)2)8-11-3-4-11/h9-11,13H,3-8H2,1-2H3. The molecule has 1 nitrogen and oxygen atoms in total. The van der Waals surface area contributed by atoms with Crippen LogP contribution in [-0.4, -0.2) is 10.7 Å². The van der Waals surface area contributed by atoms with Gasteiger partial charge in [-0.05, 0) is 43.4 Å². The van der Waals surface area contributed by atoms with Crippen LogP contribution in [0, 0.1) is 17.8 Å². The third-order valence-corrected chi connectivity index (χ3v) is 4.10. The second kappa shape index (κ2) is 3.27. The summed E-state index contributed by atoms with van der Waals surface area (Å²) in [5.74, 6) is 2.41. The zero-order valence-electron chi connectivity index (χ0n) is 8.92. The molecule has 0 aromatic rings. The van der Waals surface area contributed by atoms with E-state index in [9.17, 15) is 5.11 Å². The van der Waals surface area contributed by atoms with E-state index in [0.717, 1.165) is 37.0 Å². The van der Waals surface area contributed by atoms with Crippen molar-refractivity contribution in [3.63, 3.8) is 0 Å². The van der Waals surface area contributed by atoms with Crippen LogP contribution in [0.5, 0.6) is 0 Å². The van der Waals surface area contributed by atoms with Gasteiger partial charge in [0.2, 0.25) is 0 Å². The van der Waals surface area contributed by atoms with Crippen molar-refractivity contribution in [1.82, 2.24) is 0 Å². The minimum Gasteiger partial charge on any atom is -0.390 e. The van der Waals surface area contributed by atoms with Gasteiger partial charge in [-0.15, -0.1) is 0 Å². The van der Waals surface area contributed by atoms with Crippen LogP contribution < -0.4 is 0 Å². The van der Waals surface area contributed by atoms with E-state index in [1.165, 1.54) is 19.3 Å². The van der Waals surface area contributed by atoms with Crippen LogP contribution in [0.3, 0.4) is 0 Å². The van der Waals surface area contributed by atoms with E-state index in [1.807, 2.05) is 0 Å². The molecule has 2 saturated carbocycles. The molecule has 0 aromatic heterocycles. The molecule has 0 amide bonds. The second-order valence-electron chi connectivity index (χ2n) is 5.57. The smallest absolute Gasteiger partial charge is 0.0653 e. The molecule has 2 aliphatic carbocycles. The Morgan fingerprint density at radius 1 is 1.15 bits per heavy atom. The average Bonchev–Trinajstić information content (AvgIpc) is 2.81. The molecule has 3 unspecified atom stereocenters. The maximum Gasteiger partial charge on any atom is 0.0653 e. The van der Waals surface area contributed by atoms with Gasteiger partial charge in [-0.25, -0.2) is 0 Å². The topological polar surface area (TPSA) is 20.2 Å². The summed E-state index contributed by atoms with van der Waals surface area (Å²) < 4.78 is 0. The molecule has 0 aliphatic heterocycles. The molecule has 3 atom stereocenters. The summed E-state index contributed by atoms with van der Waals surface area (Å²) in [6, 6.07) is 0. The highest BCUT2D eigenvalue weighted by molar-refractivity contribution is 4.92. The predicted octanol–water partition coefficient (Wildman–Crippen LogP) is 2.97. The van der Waals surface area contributed by atoms with Crippen molar-refractivity contribution in [2.24, 2.45) is 17.8 Å². The highest BCUT2D eigenvalue weighted by Gasteiger charge is 2.39. The minimum absolute atomic E-state index is 0.285. The van der Waals surface area contributed by atoms with Gasteiger partial charge in [-0.1, -0.05) is 26.7 Å². The molecule has 0 heterocycles. The molecule has 2 aliphatic rings. The highest BCUT2D eigenvalue weighted by atomic mass is 16.3. The summed E-state index contributed by atoms with van der Waals surface area (Å²) in [4.78, 5) is 0. The first-order valence-electron chi connectivity index (χ1n) is 5.81. The number of hydrogen-bond donors (Lipinski definition) is 1. The Kier molecular flexibility index (Phi) is 2.39. The van der Waals surface area contributed by atoms with Crippen molar-refractivity contribution in [3.8, 4) is 0 Å². The van der Waals surface area contributed by atoms with Gasteiger partial charge in [-0.2, -0.15) is 0 Å². The Bertz CT molecular complexity index is 186. The van der Waals surface area contributed by atoms with Crippen LogP contribution >= 0.6 is 0 Å². The molecule has 1 heteroatoms. The summed E-state index contributed by atoms with van der Waals surface area (Å²) in [6.45, 7) is 4.61. The molecule has 0 aromatic carbocycles. The summed E-state index contributed by atoms with van der Waals surface area (Å²) in [7, 11) is 0. The van der Waals surface area contributed by atoms with Crippen LogP contribution in [-0.2, 0) is 0 Å². The van der Waals surface area contributed by atoms with Gasteiger partial charge in [-0.3, -0.25) is 0 Å². The summed E-state index contributed by atoms with van der Waals surface area (Å²) in [6.07, 6.45) is 7.15. The molecule has 0 bridgehead atoms. The first-order chi connectivity index (χ1) is 6.09. The van der Waals surface area contributed by atoms with Crippen LogP contribution in [0.1, 0.15) is 52.4 Å². The van der Waals surface area contributed by atoms with E-state index < -0.39 is 0 Å². The molecule has 0 saturated heterocycles. The molecular formula is C12H22O. The van der Waals surface area contributed by atoms with E-state index in [1.54, 1.807) is 0 Å². The van der Waals surface area contributed by atoms with Crippen LogP contribution in [0.4, 0.5) is 0 Å². The lowest BCUT2D eigenvalue weighted by molar-refractivity contribution is -0.0390. The van der Waals surface area contributed by atoms with E-state index >= 15 is 0 Å². The Morgan fingerprint density at radius 3 is 2.38 bits per heavy atom. The normalized spacial score (nSPS) is 46.4. The zero-order chi connectivity index (χ0) is 9.47. The lowest BCUT2D eigenvalue weighted by atomic mass is 9.71. The van der Waals surface area contributed by atoms with E-state index in [0.29, 0.717) is 0 Å². The lowest BCUT2D eigenvalue weighted by Gasteiger charge is -2.39. The van der Waals surface area contributed by atoms with Gasteiger partial charge < -0.3 is 5.11 Å². The predicted molar refractivity (Wildman–Crippen MR) is 54.5 cm³/mol. The van der Waals surface area contributed by atoms with Crippen molar-refractivity contribution in [1.29, 1.82) is 0 Å². The first-order valence-corrected chi connectivity index (χ1v) is 5.81. The second-order valence-corrected chi connectivity index (χ2v) is 5.57. The summed E-state index contributed by atoms with van der Waals surface area (Å²) in [5, 5.41) is 10.4. The van der Waals surface area contributed by atoms with Crippen molar-refractivity contribution in [3.05, 3.63) is 0 Å². The molecule has 2 rings (SSSR count). The number of hydrogen-bond acceptors (Lipinski definition) is 1. The van der Waals surface area contributed by atoms with Gasteiger partial charge in [0.05, 0.1) is 5.60 Å². The van der Waals surface area contributed by atoms with E-state index in [2.05, 4.69) is 13.8 Å². The van der Waals surface area contributed by atoms with Gasteiger partial charge in [0.25, 0.3) is 0 Å². The van der Waals surface area contributed by atoms with Crippen molar-refractivity contribution < 1.29 is 5.11 Å². The van der Waals surface area contributed by atoms with Gasteiger partial charge in [0, 0.05) is 0 Å². The molecule has 0 spiro atoms. The molecule has 2 fully saturated rings. The quantitative estimate of drug-likeness (QED) is 0.696. The summed E-state index contributed by atoms with van der Waals surface area (Å²) in [5.41, 5.74) is -0.285. The average molecular weight is 182 g/mol. The molecule has 76 valence electrons. The number of rotatable bonds is 2. The van der Waals surface area contributed by atoms with Gasteiger partial charge >= 0.3 is 0 Å². The highest BCUT2D eigenvalue weighted by Crippen LogP contribution is 2.44. The van der Waals surface area contributed by atoms with Crippen molar-refractivity contribution in [2.75, 3.05) is 0 Å². The molecular weight excluding hydrogens is 160 g/mol. The molecule has 0 radical (unpaired) electrons. The van der Waals surface area contributed by atoms with Crippen molar-refractivity contribution >= 4 is 0 Å². The third-order valence-electron chi connectivity index (χ3n) is 4.10. The van der Waals surface area contributed by atoms with Crippen molar-refractivity contribution in [2.45, 2.75) is 58.0 Å². The van der Waals surface area contributed by atoms with Crippen LogP contribution in [0.25, 0.3) is 0 Å². The SMILES string of the molecule is CC1CCC(O)(CC2CC2)CC1C. The molecule has 1 N–H and O–H groups in total. The maximum atomic E-state index is 10.4. The first kappa shape index (κ1) is 9.51. The fraction of sp³-hybridized carbons (Fsp3) is 1.00. The zero-order valence-corrected chi connectivity index (χ0v) is 8.92. The monoisotopic (exact) mass is 182 g/mol. The molecule has 13 heavy (non-hydrogen) atoms. The largest absolute Gasteiger partial charge is 0.390 e. The minimum atomic E-state index is -0.285. The summed E-state index contributed by atoms with van der Waals surface area (Å²) >= 11 is 0. The Balaban J connectivity index is 1.90. The van der Waals surface area contributed by atoms with Crippen LogP contribution in [0.2, 0.25) is 0 Å². The Hall–Kier alpha value is -0.0400. The Morgan fingerprint density at radius 2 is 1.85 bits per heavy atom. The fourth-order valence-corrected chi connectivity index (χ4v) is 2.73. The Labute approximate surface area is 81.5 Å². The third kappa shape index (κ3) is 2.25. The van der Waals surface area contributed by atoms with E-state index in [-0.39, 0.29) is 5.60 Å². The maximum absolute atomic E-state index is 10.4. The number of aliphatic hydroxyl groups is 1. The van der Waals surface area contributed by atoms with Gasteiger partial charge in [0.15, 0.2) is 0 Å². The van der Waals surface area contributed by atoms with E-state index in [4.69, 9.17) is 0 Å². The fourth-order valence-electron chi connectivity index (χ4n) is 2.73. The van der Waals surface area contributed by atoms with Crippen LogP contribution in [0.15, 0.2) is 0 Å². The van der Waals surface area contributed by atoms with Gasteiger partial charge in [0.1, 0.15) is 0 Å².